The highest BCUT2D eigenvalue weighted by molar-refractivity contribution is 8.14. The van der Waals surface area contributed by atoms with Gasteiger partial charge in [0.2, 0.25) is 5.91 Å². The highest BCUT2D eigenvalue weighted by atomic mass is 32.2. The van der Waals surface area contributed by atoms with E-state index in [2.05, 4.69) is 5.32 Å². The van der Waals surface area contributed by atoms with Crippen LogP contribution in [0.4, 0.5) is 4.79 Å². The number of imide groups is 1. The summed E-state index contributed by atoms with van der Waals surface area (Å²) in [7, 11) is 0. The van der Waals surface area contributed by atoms with Crippen LogP contribution in [0.25, 0.3) is 0 Å². The van der Waals surface area contributed by atoms with Crippen LogP contribution in [0.1, 0.15) is 20.3 Å². The van der Waals surface area contributed by atoms with Gasteiger partial charge in [0.1, 0.15) is 12.1 Å². The zero-order valence-corrected chi connectivity index (χ0v) is 10.0. The van der Waals surface area contributed by atoms with Gasteiger partial charge in [0, 0.05) is 5.75 Å². The Kier molecular flexibility index (Phi) is 2.92. The molecule has 6 heteroatoms. The number of piperazine rings is 1. The number of nitrogens with zero attached hydrogens (tertiary/aromatic N) is 1. The lowest BCUT2D eigenvalue weighted by molar-refractivity contribution is -0.145. The lowest BCUT2D eigenvalue weighted by Gasteiger charge is -2.35. The molecule has 2 fully saturated rings. The average Bonchev–Trinajstić information content (AvgIpc) is 2.65. The monoisotopic (exact) mass is 242 g/mol. The second-order valence-electron chi connectivity index (χ2n) is 4.17. The summed E-state index contributed by atoms with van der Waals surface area (Å²) in [5.74, 6) is -0.0307. The predicted molar refractivity (Wildman–Crippen MR) is 59.9 cm³/mol. The van der Waals surface area contributed by atoms with Gasteiger partial charge in [0.25, 0.3) is 11.1 Å². The smallest absolute Gasteiger partial charge is 0.289 e. The Bertz CT molecular complexity index is 358. The average molecular weight is 242 g/mol. The van der Waals surface area contributed by atoms with Gasteiger partial charge in [-0.3, -0.25) is 19.3 Å². The van der Waals surface area contributed by atoms with E-state index in [1.54, 1.807) is 0 Å². The van der Waals surface area contributed by atoms with Crippen molar-refractivity contribution in [1.29, 1.82) is 0 Å². The van der Waals surface area contributed by atoms with E-state index in [-0.39, 0.29) is 23.0 Å². The Balaban J connectivity index is 2.25. The Morgan fingerprint density at radius 2 is 2.19 bits per heavy atom. The number of fused-ring (bicyclic) bond motifs is 1. The molecule has 0 aliphatic carbocycles. The molecule has 2 rings (SSSR count). The third kappa shape index (κ3) is 1.61. The fraction of sp³-hybridized carbons (Fsp3) is 0.700. The standard InChI is InChI=1S/C10H14N2O3S/c1-3-5(2)7-9(14)12-6(8(13)11-7)4-16-10(12)15/h5-7H,3-4H2,1-2H3,(H,11,13). The number of hydrogen-bond acceptors (Lipinski definition) is 4. The Labute approximate surface area is 97.9 Å². The molecule has 3 unspecified atom stereocenters. The van der Waals surface area contributed by atoms with Crippen LogP contribution in [0.2, 0.25) is 0 Å². The van der Waals surface area contributed by atoms with Crippen LogP contribution < -0.4 is 5.32 Å². The van der Waals surface area contributed by atoms with Crippen molar-refractivity contribution in [2.75, 3.05) is 5.75 Å². The molecular weight excluding hydrogens is 228 g/mol. The normalized spacial score (nSPS) is 31.4. The molecule has 3 atom stereocenters. The summed E-state index contributed by atoms with van der Waals surface area (Å²) in [6.45, 7) is 3.85. The Morgan fingerprint density at radius 3 is 2.81 bits per heavy atom. The lowest BCUT2D eigenvalue weighted by Crippen LogP contribution is -2.64. The molecule has 3 amide bonds. The molecule has 0 aromatic rings. The van der Waals surface area contributed by atoms with E-state index in [9.17, 15) is 14.4 Å². The molecule has 2 saturated heterocycles. The first-order valence-corrected chi connectivity index (χ1v) is 6.35. The molecule has 0 aromatic carbocycles. The third-order valence-corrected chi connectivity index (χ3v) is 4.12. The minimum Gasteiger partial charge on any atom is -0.342 e. The maximum Gasteiger partial charge on any atom is 0.289 e. The first-order valence-electron chi connectivity index (χ1n) is 5.36. The van der Waals surface area contributed by atoms with E-state index >= 15 is 0 Å². The van der Waals surface area contributed by atoms with Gasteiger partial charge in [-0.2, -0.15) is 0 Å². The number of nitrogens with one attached hydrogen (secondary N) is 1. The van der Waals surface area contributed by atoms with Crippen LogP contribution in [0, 0.1) is 5.92 Å². The van der Waals surface area contributed by atoms with Gasteiger partial charge in [-0.15, -0.1) is 0 Å². The number of carbonyl (C=O) groups is 3. The van der Waals surface area contributed by atoms with Crippen molar-refractivity contribution >= 4 is 28.8 Å². The van der Waals surface area contributed by atoms with Gasteiger partial charge < -0.3 is 5.32 Å². The molecule has 0 saturated carbocycles. The number of rotatable bonds is 2. The first kappa shape index (κ1) is 11.4. The van der Waals surface area contributed by atoms with Crippen molar-refractivity contribution in [3.8, 4) is 0 Å². The van der Waals surface area contributed by atoms with Gasteiger partial charge in [-0.1, -0.05) is 32.0 Å². The van der Waals surface area contributed by atoms with Crippen LogP contribution in [0.3, 0.4) is 0 Å². The number of hydrogen-bond donors (Lipinski definition) is 1. The molecule has 88 valence electrons. The van der Waals surface area contributed by atoms with Gasteiger partial charge in [0.05, 0.1) is 0 Å². The summed E-state index contributed by atoms with van der Waals surface area (Å²) in [6, 6.07) is -1.14. The minimum absolute atomic E-state index is 0.0517. The number of thioether (sulfide) groups is 1. The van der Waals surface area contributed by atoms with Gasteiger partial charge >= 0.3 is 0 Å². The van der Waals surface area contributed by atoms with E-state index in [1.807, 2.05) is 13.8 Å². The molecular formula is C10H14N2O3S. The van der Waals surface area contributed by atoms with Crippen molar-refractivity contribution in [2.45, 2.75) is 32.4 Å². The fourth-order valence-electron chi connectivity index (χ4n) is 1.94. The largest absolute Gasteiger partial charge is 0.342 e. The Hall–Kier alpha value is -1.04. The highest BCUT2D eigenvalue weighted by Gasteiger charge is 2.49. The molecule has 2 aliphatic rings. The van der Waals surface area contributed by atoms with E-state index in [0.29, 0.717) is 5.75 Å². The van der Waals surface area contributed by atoms with E-state index in [1.165, 1.54) is 0 Å². The number of amides is 3. The molecule has 0 aromatic heterocycles. The molecule has 0 radical (unpaired) electrons. The maximum absolute atomic E-state index is 12.0. The Morgan fingerprint density at radius 1 is 1.50 bits per heavy atom. The SMILES string of the molecule is CCC(C)C1NC(=O)C2CSC(=O)N2C1=O. The van der Waals surface area contributed by atoms with Crippen LogP contribution in [0.15, 0.2) is 0 Å². The summed E-state index contributed by atoms with van der Waals surface area (Å²) in [5.41, 5.74) is 0. The summed E-state index contributed by atoms with van der Waals surface area (Å²) in [4.78, 5) is 36.4. The van der Waals surface area contributed by atoms with E-state index in [0.717, 1.165) is 23.1 Å². The molecule has 0 spiro atoms. The van der Waals surface area contributed by atoms with Crippen LogP contribution in [-0.4, -0.2) is 39.8 Å². The molecule has 2 aliphatic heterocycles. The van der Waals surface area contributed by atoms with Crippen LogP contribution in [-0.2, 0) is 9.59 Å². The van der Waals surface area contributed by atoms with E-state index < -0.39 is 12.1 Å². The molecule has 2 heterocycles. The zero-order chi connectivity index (χ0) is 11.9. The van der Waals surface area contributed by atoms with E-state index in [4.69, 9.17) is 0 Å². The van der Waals surface area contributed by atoms with Crippen LogP contribution >= 0.6 is 11.8 Å². The van der Waals surface area contributed by atoms with Gasteiger partial charge in [0.15, 0.2) is 0 Å². The second-order valence-corrected chi connectivity index (χ2v) is 5.14. The van der Waals surface area contributed by atoms with Crippen molar-refractivity contribution in [3.05, 3.63) is 0 Å². The third-order valence-electron chi connectivity index (χ3n) is 3.19. The van der Waals surface area contributed by atoms with Crippen molar-refractivity contribution in [2.24, 2.45) is 5.92 Å². The summed E-state index contributed by atoms with van der Waals surface area (Å²) in [6.07, 6.45) is 0.788. The van der Waals surface area contributed by atoms with Gasteiger partial charge in [-0.25, -0.2) is 0 Å². The minimum atomic E-state index is -0.592. The number of carbonyl (C=O) groups excluding carboxylic acids is 3. The predicted octanol–water partition coefficient (Wildman–Crippen LogP) is 0.595. The summed E-state index contributed by atoms with van der Waals surface area (Å²) < 4.78 is 0. The first-order chi connectivity index (χ1) is 7.56. The quantitative estimate of drug-likeness (QED) is 0.770. The molecule has 0 bridgehead atoms. The molecule has 1 N–H and O–H groups in total. The topological polar surface area (TPSA) is 66.5 Å². The molecule has 5 nitrogen and oxygen atoms in total. The molecule has 16 heavy (non-hydrogen) atoms. The van der Waals surface area contributed by atoms with Crippen molar-refractivity contribution < 1.29 is 14.4 Å². The summed E-state index contributed by atoms with van der Waals surface area (Å²) >= 11 is 1.04. The lowest BCUT2D eigenvalue weighted by atomic mass is 9.95. The second kappa shape index (κ2) is 4.08. The van der Waals surface area contributed by atoms with Crippen LogP contribution in [0.5, 0.6) is 0 Å². The van der Waals surface area contributed by atoms with Crippen molar-refractivity contribution in [3.63, 3.8) is 0 Å². The van der Waals surface area contributed by atoms with Gasteiger partial charge in [-0.05, 0) is 5.92 Å². The fourth-order valence-corrected chi connectivity index (χ4v) is 2.90. The zero-order valence-electron chi connectivity index (χ0n) is 9.23. The summed E-state index contributed by atoms with van der Waals surface area (Å²) in [5, 5.41) is 2.42. The maximum atomic E-state index is 12.0. The van der Waals surface area contributed by atoms with Crippen molar-refractivity contribution in [1.82, 2.24) is 10.2 Å². The highest BCUT2D eigenvalue weighted by Crippen LogP contribution is 2.29.